The van der Waals surface area contributed by atoms with Crippen molar-refractivity contribution in [3.05, 3.63) is 107 Å². The molecule has 4 aromatic rings. The van der Waals surface area contributed by atoms with Crippen molar-refractivity contribution in [1.29, 1.82) is 0 Å². The molecule has 178 valence electrons. The first-order chi connectivity index (χ1) is 16.9. The van der Waals surface area contributed by atoms with Crippen molar-refractivity contribution in [3.8, 4) is 5.75 Å². The number of para-hydroxylation sites is 1. The third kappa shape index (κ3) is 6.07. The molecule has 0 atom stereocenters. The number of fused-ring (bicyclic) bond motifs is 1. The minimum Gasteiger partial charge on any atom is -0.489 e. The van der Waals surface area contributed by atoms with E-state index in [0.29, 0.717) is 25.0 Å². The molecule has 1 aromatic heterocycles. The minimum atomic E-state index is -0.812. The van der Waals surface area contributed by atoms with Crippen LogP contribution in [0.4, 0.5) is 0 Å². The maximum Gasteiger partial charge on any atom is 0.303 e. The van der Waals surface area contributed by atoms with E-state index in [-0.39, 0.29) is 12.3 Å². The van der Waals surface area contributed by atoms with Crippen LogP contribution in [0.25, 0.3) is 17.0 Å². The lowest BCUT2D eigenvalue weighted by Crippen LogP contribution is -2.11. The summed E-state index contributed by atoms with van der Waals surface area (Å²) in [5, 5.41) is 9.94. The van der Waals surface area contributed by atoms with Gasteiger partial charge in [0.2, 0.25) is 0 Å². The number of ether oxygens (including phenoxy) is 1. The van der Waals surface area contributed by atoms with Gasteiger partial charge < -0.3 is 9.84 Å². The van der Waals surface area contributed by atoms with E-state index in [2.05, 4.69) is 19.9 Å². The summed E-state index contributed by atoms with van der Waals surface area (Å²) in [6.07, 6.45) is 5.19. The van der Waals surface area contributed by atoms with E-state index in [1.807, 2.05) is 72.9 Å². The van der Waals surface area contributed by atoms with Crippen LogP contribution in [0, 0.1) is 0 Å². The monoisotopic (exact) mass is 467 g/mol. The van der Waals surface area contributed by atoms with Gasteiger partial charge in [-0.05, 0) is 73.7 Å². The number of carboxylic acid groups (broad SMARTS) is 1. The number of hydrogen-bond acceptors (Lipinski definition) is 3. The number of carbonyl (C=O) groups excluding carboxylic acids is 1. The van der Waals surface area contributed by atoms with Gasteiger partial charge >= 0.3 is 5.97 Å². The lowest BCUT2D eigenvalue weighted by atomic mass is 10.1. The van der Waals surface area contributed by atoms with Crippen molar-refractivity contribution >= 4 is 28.9 Å². The summed E-state index contributed by atoms with van der Waals surface area (Å²) in [6.45, 7) is 4.49. The molecule has 0 unspecified atom stereocenters. The van der Waals surface area contributed by atoms with Gasteiger partial charge in [0.25, 0.3) is 5.91 Å². The van der Waals surface area contributed by atoms with Crippen LogP contribution in [0.5, 0.6) is 5.75 Å². The Bertz CT molecular complexity index is 1380. The Hall–Kier alpha value is -4.12. The Morgan fingerprint density at radius 2 is 1.74 bits per heavy atom. The Morgan fingerprint density at radius 1 is 0.971 bits per heavy atom. The first-order valence-corrected chi connectivity index (χ1v) is 11.7. The lowest BCUT2D eigenvalue weighted by molar-refractivity contribution is -0.137. The first kappa shape index (κ1) is 24.0. The number of rotatable bonds is 9. The molecule has 0 aliphatic carbocycles. The van der Waals surface area contributed by atoms with Crippen molar-refractivity contribution in [2.45, 2.75) is 39.7 Å². The number of carboxylic acids is 1. The van der Waals surface area contributed by atoms with E-state index in [1.54, 1.807) is 10.6 Å². The quantitative estimate of drug-likeness (QED) is 0.296. The largest absolute Gasteiger partial charge is 0.489 e. The van der Waals surface area contributed by atoms with Gasteiger partial charge in [0.1, 0.15) is 12.4 Å². The summed E-state index contributed by atoms with van der Waals surface area (Å²) in [5.74, 6) is -0.165. The molecule has 0 spiro atoms. The zero-order chi connectivity index (χ0) is 24.8. The molecule has 0 saturated heterocycles. The summed E-state index contributed by atoms with van der Waals surface area (Å²) < 4.78 is 7.60. The molecule has 0 saturated carbocycles. The fourth-order valence-corrected chi connectivity index (χ4v) is 4.14. The summed E-state index contributed by atoms with van der Waals surface area (Å²) in [5.41, 5.74) is 5.65. The Kier molecular flexibility index (Phi) is 7.46. The van der Waals surface area contributed by atoms with Crippen LogP contribution >= 0.6 is 0 Å². The fourth-order valence-electron chi connectivity index (χ4n) is 4.14. The number of benzene rings is 3. The normalized spacial score (nSPS) is 10.8. The zero-order valence-corrected chi connectivity index (χ0v) is 20.0. The van der Waals surface area contributed by atoms with E-state index in [4.69, 9.17) is 9.84 Å². The Labute approximate surface area is 205 Å². The second-order valence-corrected chi connectivity index (χ2v) is 8.87. The highest BCUT2D eigenvalue weighted by molar-refractivity contribution is 6.03. The van der Waals surface area contributed by atoms with Crippen LogP contribution < -0.4 is 4.74 Å². The summed E-state index contributed by atoms with van der Waals surface area (Å²) >= 11 is 0. The Morgan fingerprint density at radius 3 is 2.49 bits per heavy atom. The van der Waals surface area contributed by atoms with Gasteiger partial charge in [-0.15, -0.1) is 0 Å². The van der Waals surface area contributed by atoms with E-state index < -0.39 is 5.97 Å². The number of aliphatic carboxylic acids is 1. The molecular weight excluding hydrogens is 438 g/mol. The standard InChI is InChI=1S/C30H29NO4/c1-21(2)17-22-13-15-26(16-14-22)35-20-23-7-5-8-24(18-23)30(34)31-19-25(9-6-12-29(32)33)27-10-3-4-11-28(27)31/h3-5,7-8,10-11,13-19H,6,9,12,20H2,1-2H3,(H,32,33). The highest BCUT2D eigenvalue weighted by Gasteiger charge is 2.16. The van der Waals surface area contributed by atoms with Gasteiger partial charge in [-0.25, -0.2) is 0 Å². The average Bonchev–Trinajstić information content (AvgIpc) is 3.21. The maximum absolute atomic E-state index is 13.4. The van der Waals surface area contributed by atoms with E-state index in [1.165, 1.54) is 5.57 Å². The predicted octanol–water partition coefficient (Wildman–Crippen LogP) is 6.74. The highest BCUT2D eigenvalue weighted by Crippen LogP contribution is 2.24. The van der Waals surface area contributed by atoms with E-state index in [0.717, 1.165) is 33.3 Å². The second kappa shape index (κ2) is 10.9. The first-order valence-electron chi connectivity index (χ1n) is 11.7. The van der Waals surface area contributed by atoms with Crippen LogP contribution in [-0.4, -0.2) is 21.6 Å². The average molecular weight is 468 g/mol. The summed E-state index contributed by atoms with van der Waals surface area (Å²) in [4.78, 5) is 24.3. The van der Waals surface area contributed by atoms with Crippen LogP contribution in [0.3, 0.4) is 0 Å². The van der Waals surface area contributed by atoms with Gasteiger partial charge in [0, 0.05) is 23.6 Å². The molecule has 1 heterocycles. The molecule has 5 nitrogen and oxygen atoms in total. The summed E-state index contributed by atoms with van der Waals surface area (Å²) in [7, 11) is 0. The maximum atomic E-state index is 13.4. The zero-order valence-electron chi connectivity index (χ0n) is 20.0. The Balaban J connectivity index is 1.51. The number of nitrogens with zero attached hydrogens (tertiary/aromatic N) is 1. The third-order valence-corrected chi connectivity index (χ3v) is 5.76. The molecule has 0 bridgehead atoms. The van der Waals surface area contributed by atoms with Crippen molar-refractivity contribution in [2.75, 3.05) is 0 Å². The molecule has 3 aromatic carbocycles. The topological polar surface area (TPSA) is 68.5 Å². The fraction of sp³-hybridized carbons (Fsp3) is 0.200. The molecule has 0 aliphatic heterocycles. The van der Waals surface area contributed by atoms with Crippen molar-refractivity contribution in [3.63, 3.8) is 0 Å². The van der Waals surface area contributed by atoms with Gasteiger partial charge in [-0.1, -0.05) is 54.1 Å². The van der Waals surface area contributed by atoms with Crippen molar-refractivity contribution in [2.24, 2.45) is 0 Å². The number of aryl methyl sites for hydroxylation is 1. The SMILES string of the molecule is CC(C)=Cc1ccc(OCc2cccc(C(=O)n3cc(CCCC(=O)O)c4ccccc43)c2)cc1. The highest BCUT2D eigenvalue weighted by atomic mass is 16.5. The number of aromatic nitrogens is 1. The molecule has 4 rings (SSSR count). The molecule has 35 heavy (non-hydrogen) atoms. The molecule has 0 fully saturated rings. The second-order valence-electron chi connectivity index (χ2n) is 8.87. The van der Waals surface area contributed by atoms with Gasteiger partial charge in [0.05, 0.1) is 5.52 Å². The van der Waals surface area contributed by atoms with Gasteiger partial charge in [-0.2, -0.15) is 0 Å². The molecule has 0 amide bonds. The summed E-state index contributed by atoms with van der Waals surface area (Å²) in [6, 6.07) is 23.1. The lowest BCUT2D eigenvalue weighted by Gasteiger charge is -2.09. The number of hydrogen-bond donors (Lipinski definition) is 1. The van der Waals surface area contributed by atoms with Gasteiger partial charge in [-0.3, -0.25) is 14.2 Å². The van der Waals surface area contributed by atoms with Crippen LogP contribution in [0.2, 0.25) is 0 Å². The van der Waals surface area contributed by atoms with Crippen molar-refractivity contribution in [1.82, 2.24) is 4.57 Å². The minimum absolute atomic E-state index is 0.104. The molecule has 5 heteroatoms. The van der Waals surface area contributed by atoms with E-state index >= 15 is 0 Å². The molecule has 1 N–H and O–H groups in total. The van der Waals surface area contributed by atoms with Crippen LogP contribution in [0.1, 0.15) is 53.7 Å². The molecular formula is C30H29NO4. The smallest absolute Gasteiger partial charge is 0.303 e. The van der Waals surface area contributed by atoms with Crippen LogP contribution in [0.15, 0.2) is 84.6 Å². The van der Waals surface area contributed by atoms with Crippen LogP contribution in [-0.2, 0) is 17.8 Å². The number of allylic oxidation sites excluding steroid dienone is 1. The molecule has 0 radical (unpaired) electrons. The van der Waals surface area contributed by atoms with Gasteiger partial charge in [0.15, 0.2) is 0 Å². The predicted molar refractivity (Wildman–Crippen MR) is 139 cm³/mol. The third-order valence-electron chi connectivity index (χ3n) is 5.76. The van der Waals surface area contributed by atoms with E-state index in [9.17, 15) is 9.59 Å². The molecule has 0 aliphatic rings. The van der Waals surface area contributed by atoms with Crippen molar-refractivity contribution < 1.29 is 19.4 Å². The number of carbonyl (C=O) groups is 2.